The molecule has 0 spiro atoms. The summed E-state index contributed by atoms with van der Waals surface area (Å²) in [5.74, 6) is 0. The fraction of sp³-hybridized carbons (Fsp3) is 0.556. The highest BCUT2D eigenvalue weighted by atomic mass is 16.6. The highest BCUT2D eigenvalue weighted by molar-refractivity contribution is 5.70. The van der Waals surface area contributed by atoms with Gasteiger partial charge in [0.05, 0.1) is 5.54 Å². The zero-order valence-corrected chi connectivity index (χ0v) is 14.9. The van der Waals surface area contributed by atoms with Crippen molar-refractivity contribution in [2.45, 2.75) is 51.7 Å². The van der Waals surface area contributed by atoms with E-state index in [1.165, 1.54) is 4.90 Å². The first-order chi connectivity index (χ1) is 11.2. The number of nitrogens with one attached hydrogen (secondary N) is 1. The third-order valence-corrected chi connectivity index (χ3v) is 3.73. The van der Waals surface area contributed by atoms with Crippen LogP contribution in [0, 0.1) is 0 Å². The summed E-state index contributed by atoms with van der Waals surface area (Å²) in [6, 6.07) is 12.0. The number of hydrogen-bond acceptors (Lipinski definition) is 3. The first-order valence-corrected chi connectivity index (χ1v) is 8.16. The van der Waals surface area contributed by atoms with Crippen molar-refractivity contribution in [1.82, 2.24) is 10.2 Å². The van der Waals surface area contributed by atoms with Gasteiger partial charge in [-0.2, -0.15) is 0 Å². The molecule has 1 saturated heterocycles. The first kappa shape index (κ1) is 19.8. The number of ether oxygens (including phenoxy) is 1. The Morgan fingerprint density at radius 2 is 1.67 bits per heavy atom. The molecule has 1 unspecified atom stereocenters. The minimum absolute atomic E-state index is 0.318. The standard InChI is InChI=1S/C12H22N2O4.C6H6/c1-5-12(6-7-14(8-12)10(16)17)13-9(15)18-11(2,3)4;1-2-4-6-5-3-1/h5-8H2,1-4H3,(H,13,15)(H,16,17);1-6H. The SMILES string of the molecule is CCC1(NC(=O)OC(C)(C)C)CCN(C(=O)O)C1.c1ccccc1. The Bertz CT molecular complexity index is 501. The van der Waals surface area contributed by atoms with E-state index in [9.17, 15) is 9.59 Å². The van der Waals surface area contributed by atoms with E-state index in [-0.39, 0.29) is 0 Å². The van der Waals surface area contributed by atoms with E-state index in [0.717, 1.165) is 0 Å². The summed E-state index contributed by atoms with van der Waals surface area (Å²) in [7, 11) is 0. The fourth-order valence-corrected chi connectivity index (χ4v) is 2.42. The molecule has 134 valence electrons. The van der Waals surface area contributed by atoms with Crippen molar-refractivity contribution in [3.63, 3.8) is 0 Å². The van der Waals surface area contributed by atoms with E-state index in [1.54, 1.807) is 20.8 Å². The normalized spacial score (nSPS) is 19.9. The third kappa shape index (κ3) is 6.89. The minimum Gasteiger partial charge on any atom is -0.465 e. The third-order valence-electron chi connectivity index (χ3n) is 3.73. The Hall–Kier alpha value is -2.24. The molecule has 2 rings (SSSR count). The molecule has 0 radical (unpaired) electrons. The zero-order valence-electron chi connectivity index (χ0n) is 14.9. The van der Waals surface area contributed by atoms with Crippen LogP contribution in [0.5, 0.6) is 0 Å². The van der Waals surface area contributed by atoms with Crippen molar-refractivity contribution in [3.05, 3.63) is 36.4 Å². The van der Waals surface area contributed by atoms with Gasteiger partial charge in [0.1, 0.15) is 5.60 Å². The van der Waals surface area contributed by atoms with Gasteiger partial charge in [-0.15, -0.1) is 0 Å². The number of hydrogen-bond donors (Lipinski definition) is 2. The van der Waals surface area contributed by atoms with E-state index >= 15 is 0 Å². The molecule has 24 heavy (non-hydrogen) atoms. The lowest BCUT2D eigenvalue weighted by molar-refractivity contribution is 0.0453. The molecule has 0 aliphatic carbocycles. The lowest BCUT2D eigenvalue weighted by atomic mass is 9.95. The van der Waals surface area contributed by atoms with Crippen molar-refractivity contribution in [1.29, 1.82) is 0 Å². The molecule has 0 saturated carbocycles. The molecule has 0 bridgehead atoms. The molecule has 2 N–H and O–H groups in total. The average Bonchev–Trinajstić information content (AvgIpc) is 2.92. The van der Waals surface area contributed by atoms with Crippen LogP contribution >= 0.6 is 0 Å². The van der Waals surface area contributed by atoms with Crippen LogP contribution in [0.15, 0.2) is 36.4 Å². The van der Waals surface area contributed by atoms with Crippen LogP contribution in [0.25, 0.3) is 0 Å². The second-order valence-electron chi connectivity index (χ2n) is 6.87. The quantitative estimate of drug-likeness (QED) is 0.862. The van der Waals surface area contributed by atoms with E-state index in [1.807, 2.05) is 43.3 Å². The van der Waals surface area contributed by atoms with Gasteiger partial charge in [-0.05, 0) is 33.6 Å². The van der Waals surface area contributed by atoms with Gasteiger partial charge < -0.3 is 20.1 Å². The highest BCUT2D eigenvalue weighted by Crippen LogP contribution is 2.25. The van der Waals surface area contributed by atoms with Gasteiger partial charge in [-0.25, -0.2) is 9.59 Å². The maximum absolute atomic E-state index is 11.8. The molecule has 1 aromatic carbocycles. The number of nitrogens with zero attached hydrogens (tertiary/aromatic N) is 1. The van der Waals surface area contributed by atoms with Gasteiger partial charge in [-0.1, -0.05) is 43.3 Å². The van der Waals surface area contributed by atoms with Gasteiger partial charge in [0.25, 0.3) is 0 Å². The number of carbonyl (C=O) groups is 2. The molecule has 1 atom stereocenters. The van der Waals surface area contributed by atoms with Crippen LogP contribution in [0.3, 0.4) is 0 Å². The minimum atomic E-state index is -0.948. The van der Waals surface area contributed by atoms with Crippen molar-refractivity contribution in [2.24, 2.45) is 0 Å². The number of likely N-dealkylation sites (tertiary alicyclic amines) is 1. The average molecular weight is 336 g/mol. The summed E-state index contributed by atoms with van der Waals surface area (Å²) in [5.41, 5.74) is -1.05. The monoisotopic (exact) mass is 336 g/mol. The van der Waals surface area contributed by atoms with Gasteiger partial charge in [-0.3, -0.25) is 0 Å². The van der Waals surface area contributed by atoms with Gasteiger partial charge in [0, 0.05) is 13.1 Å². The number of carboxylic acid groups (broad SMARTS) is 1. The smallest absolute Gasteiger partial charge is 0.408 e. The summed E-state index contributed by atoms with van der Waals surface area (Å²) in [6.45, 7) is 8.08. The van der Waals surface area contributed by atoms with Gasteiger partial charge >= 0.3 is 12.2 Å². The maximum Gasteiger partial charge on any atom is 0.408 e. The predicted octanol–water partition coefficient (Wildman–Crippen LogP) is 3.73. The first-order valence-electron chi connectivity index (χ1n) is 8.16. The topological polar surface area (TPSA) is 78.9 Å². The maximum atomic E-state index is 11.8. The van der Waals surface area contributed by atoms with E-state index in [0.29, 0.717) is 25.9 Å². The Balaban J connectivity index is 0.000000400. The molecule has 1 aliphatic rings. The Morgan fingerprint density at radius 1 is 1.17 bits per heavy atom. The number of amides is 2. The number of carbonyl (C=O) groups excluding carboxylic acids is 1. The summed E-state index contributed by atoms with van der Waals surface area (Å²) >= 11 is 0. The molecule has 0 aromatic heterocycles. The van der Waals surface area contributed by atoms with Crippen molar-refractivity contribution in [2.75, 3.05) is 13.1 Å². The van der Waals surface area contributed by atoms with Crippen LogP contribution in [0.1, 0.15) is 40.5 Å². The predicted molar refractivity (Wildman–Crippen MR) is 93.0 cm³/mol. The summed E-state index contributed by atoms with van der Waals surface area (Å²) < 4.78 is 5.21. The largest absolute Gasteiger partial charge is 0.465 e. The fourth-order valence-electron chi connectivity index (χ4n) is 2.42. The Morgan fingerprint density at radius 3 is 2.00 bits per heavy atom. The molecular weight excluding hydrogens is 308 g/mol. The number of benzene rings is 1. The molecule has 1 heterocycles. The van der Waals surface area contributed by atoms with Crippen LogP contribution in [0.2, 0.25) is 0 Å². The molecule has 1 aromatic rings. The molecule has 6 nitrogen and oxygen atoms in total. The molecule has 1 fully saturated rings. The Labute approximate surface area is 143 Å². The second kappa shape index (κ2) is 8.57. The summed E-state index contributed by atoms with van der Waals surface area (Å²) in [4.78, 5) is 24.0. The summed E-state index contributed by atoms with van der Waals surface area (Å²) in [6.07, 6.45) is -0.140. The molecule has 2 amide bonds. The van der Waals surface area contributed by atoms with Crippen molar-refractivity contribution in [3.8, 4) is 0 Å². The second-order valence-corrected chi connectivity index (χ2v) is 6.87. The number of rotatable bonds is 2. The molecular formula is C18H28N2O4. The zero-order chi connectivity index (χ0) is 18.2. The number of alkyl carbamates (subject to hydrolysis) is 1. The van der Waals surface area contributed by atoms with Crippen LogP contribution in [0.4, 0.5) is 9.59 Å². The van der Waals surface area contributed by atoms with Crippen LogP contribution in [-0.4, -0.2) is 46.4 Å². The van der Waals surface area contributed by atoms with E-state index in [2.05, 4.69) is 5.32 Å². The lowest BCUT2D eigenvalue weighted by Gasteiger charge is -2.30. The van der Waals surface area contributed by atoms with Crippen molar-refractivity contribution >= 4 is 12.2 Å². The lowest BCUT2D eigenvalue weighted by Crippen LogP contribution is -2.51. The van der Waals surface area contributed by atoms with Crippen LogP contribution in [-0.2, 0) is 4.74 Å². The van der Waals surface area contributed by atoms with Crippen molar-refractivity contribution < 1.29 is 19.4 Å². The van der Waals surface area contributed by atoms with Gasteiger partial charge in [0.2, 0.25) is 0 Å². The van der Waals surface area contributed by atoms with E-state index < -0.39 is 23.3 Å². The highest BCUT2D eigenvalue weighted by Gasteiger charge is 2.40. The Kier molecular flexibility index (Phi) is 7.07. The van der Waals surface area contributed by atoms with E-state index in [4.69, 9.17) is 9.84 Å². The van der Waals surface area contributed by atoms with Crippen LogP contribution < -0.4 is 5.32 Å². The molecule has 6 heteroatoms. The summed E-state index contributed by atoms with van der Waals surface area (Å²) in [5, 5.41) is 11.8. The molecule has 1 aliphatic heterocycles. The van der Waals surface area contributed by atoms with Gasteiger partial charge in [0.15, 0.2) is 0 Å².